The standard InChI is InChI=1S/C27H25IN2O5/c1-2-30(14-13-25(31)32)26(33)17-11-12-24(23(28)15-17)29-27(34)35-16-22-20-9-5-3-7-18(20)19-8-4-6-10-21(19)22/h3-12,15,22H,2,13-14,16H2,1H3,(H,29,34)(H,31,32). The zero-order valence-corrected chi connectivity index (χ0v) is 21.3. The molecule has 7 nitrogen and oxygen atoms in total. The van der Waals surface area contributed by atoms with Crippen LogP contribution < -0.4 is 5.32 Å². The monoisotopic (exact) mass is 584 g/mol. The van der Waals surface area contributed by atoms with E-state index in [1.54, 1.807) is 25.1 Å². The Morgan fingerprint density at radius 3 is 2.20 bits per heavy atom. The molecule has 0 radical (unpaired) electrons. The van der Waals surface area contributed by atoms with Gasteiger partial charge in [-0.15, -0.1) is 0 Å². The number of ether oxygens (including phenoxy) is 1. The number of halogens is 1. The van der Waals surface area contributed by atoms with Crippen LogP contribution in [0.25, 0.3) is 11.1 Å². The molecule has 8 heteroatoms. The summed E-state index contributed by atoms with van der Waals surface area (Å²) in [5.41, 5.74) is 5.57. The van der Waals surface area contributed by atoms with E-state index in [0.717, 1.165) is 22.3 Å². The van der Waals surface area contributed by atoms with Gasteiger partial charge in [0.25, 0.3) is 5.91 Å². The number of carboxylic acids is 1. The minimum Gasteiger partial charge on any atom is -0.481 e. The van der Waals surface area contributed by atoms with Gasteiger partial charge in [0.1, 0.15) is 6.61 Å². The highest BCUT2D eigenvalue weighted by Crippen LogP contribution is 2.44. The van der Waals surface area contributed by atoms with Crippen molar-refractivity contribution in [2.24, 2.45) is 0 Å². The van der Waals surface area contributed by atoms with Gasteiger partial charge in [0.2, 0.25) is 0 Å². The van der Waals surface area contributed by atoms with E-state index in [9.17, 15) is 14.4 Å². The number of rotatable bonds is 8. The highest BCUT2D eigenvalue weighted by atomic mass is 127. The molecule has 0 aromatic heterocycles. The summed E-state index contributed by atoms with van der Waals surface area (Å²) in [7, 11) is 0. The molecule has 1 aliphatic carbocycles. The number of carbonyl (C=O) groups excluding carboxylic acids is 2. The molecule has 1 aliphatic rings. The van der Waals surface area contributed by atoms with Crippen molar-refractivity contribution < 1.29 is 24.2 Å². The summed E-state index contributed by atoms with van der Waals surface area (Å²) in [6.45, 7) is 2.56. The van der Waals surface area contributed by atoms with Gasteiger partial charge in [-0.25, -0.2) is 4.79 Å². The van der Waals surface area contributed by atoms with Gasteiger partial charge in [0, 0.05) is 28.1 Å². The van der Waals surface area contributed by atoms with Crippen LogP contribution >= 0.6 is 22.6 Å². The third-order valence-electron chi connectivity index (χ3n) is 6.06. The van der Waals surface area contributed by atoms with Crippen LogP contribution in [0.15, 0.2) is 66.7 Å². The lowest BCUT2D eigenvalue weighted by atomic mass is 9.98. The quantitative estimate of drug-likeness (QED) is 0.337. The summed E-state index contributed by atoms with van der Waals surface area (Å²) in [6, 6.07) is 21.2. The molecule has 0 heterocycles. The first kappa shape index (κ1) is 24.7. The third-order valence-corrected chi connectivity index (χ3v) is 6.95. The fourth-order valence-corrected chi connectivity index (χ4v) is 4.96. The van der Waals surface area contributed by atoms with Gasteiger partial charge < -0.3 is 14.7 Å². The fraction of sp³-hybridized carbons (Fsp3) is 0.222. The number of benzene rings is 3. The van der Waals surface area contributed by atoms with Crippen molar-refractivity contribution in [2.45, 2.75) is 19.3 Å². The largest absolute Gasteiger partial charge is 0.481 e. The molecule has 0 fully saturated rings. The number of nitrogens with zero attached hydrogens (tertiary/aromatic N) is 1. The van der Waals surface area contributed by atoms with Gasteiger partial charge in [-0.3, -0.25) is 14.9 Å². The molecule has 0 saturated carbocycles. The van der Waals surface area contributed by atoms with E-state index in [0.29, 0.717) is 21.4 Å². The van der Waals surface area contributed by atoms with Gasteiger partial charge >= 0.3 is 12.1 Å². The Balaban J connectivity index is 1.40. The van der Waals surface area contributed by atoms with Crippen molar-refractivity contribution in [3.63, 3.8) is 0 Å². The van der Waals surface area contributed by atoms with Gasteiger partial charge in [-0.2, -0.15) is 0 Å². The van der Waals surface area contributed by atoms with E-state index in [1.807, 2.05) is 24.3 Å². The summed E-state index contributed by atoms with van der Waals surface area (Å²) in [5, 5.41) is 11.7. The molecule has 0 unspecified atom stereocenters. The second kappa shape index (κ2) is 10.9. The summed E-state index contributed by atoms with van der Waals surface area (Å²) in [5.74, 6) is -1.23. The van der Waals surface area contributed by atoms with Gasteiger partial charge in [0.15, 0.2) is 0 Å². The molecule has 35 heavy (non-hydrogen) atoms. The van der Waals surface area contributed by atoms with E-state index >= 15 is 0 Å². The highest BCUT2D eigenvalue weighted by molar-refractivity contribution is 14.1. The molecule has 0 saturated heterocycles. The predicted octanol–water partition coefficient (Wildman–Crippen LogP) is 5.59. The molecule has 4 rings (SSSR count). The first-order chi connectivity index (χ1) is 16.9. The lowest BCUT2D eigenvalue weighted by Crippen LogP contribution is -2.32. The Hall–Kier alpha value is -3.40. The first-order valence-corrected chi connectivity index (χ1v) is 12.4. The number of amides is 2. The molecule has 3 aromatic carbocycles. The number of aliphatic carboxylic acids is 1. The minimum absolute atomic E-state index is 0.0296. The Morgan fingerprint density at radius 2 is 1.63 bits per heavy atom. The molecule has 0 bridgehead atoms. The van der Waals surface area contributed by atoms with Crippen LogP contribution in [0.4, 0.5) is 10.5 Å². The van der Waals surface area contributed by atoms with Crippen LogP contribution in [0.1, 0.15) is 40.7 Å². The van der Waals surface area contributed by atoms with Gasteiger partial charge in [-0.05, 0) is 70.0 Å². The number of nitrogens with one attached hydrogen (secondary N) is 1. The normalized spacial score (nSPS) is 11.9. The van der Waals surface area contributed by atoms with Crippen LogP contribution in [0.3, 0.4) is 0 Å². The zero-order chi connectivity index (χ0) is 24.9. The van der Waals surface area contributed by atoms with Crippen molar-refractivity contribution in [2.75, 3.05) is 25.0 Å². The molecule has 0 aliphatic heterocycles. The number of hydrogen-bond donors (Lipinski definition) is 2. The van der Waals surface area contributed by atoms with E-state index in [-0.39, 0.29) is 31.4 Å². The molecule has 180 valence electrons. The van der Waals surface area contributed by atoms with Crippen LogP contribution in [0.5, 0.6) is 0 Å². The number of fused-ring (bicyclic) bond motifs is 3. The number of anilines is 1. The summed E-state index contributed by atoms with van der Waals surface area (Å²) in [4.78, 5) is 37.7. The zero-order valence-electron chi connectivity index (χ0n) is 19.2. The smallest absolute Gasteiger partial charge is 0.411 e. The maximum atomic E-state index is 12.7. The number of carboxylic acid groups (broad SMARTS) is 1. The summed E-state index contributed by atoms with van der Waals surface area (Å²) in [6.07, 6.45) is -0.682. The SMILES string of the molecule is CCN(CCC(=O)O)C(=O)c1ccc(NC(=O)OCC2c3ccccc3-c3ccccc32)c(I)c1. The van der Waals surface area contributed by atoms with Gasteiger partial charge in [0.05, 0.1) is 12.1 Å². The average Bonchev–Trinajstić information content (AvgIpc) is 3.18. The fourth-order valence-electron chi connectivity index (χ4n) is 4.31. The Morgan fingerprint density at radius 1 is 1.00 bits per heavy atom. The second-order valence-electron chi connectivity index (χ2n) is 8.17. The number of carbonyl (C=O) groups is 3. The minimum atomic E-state index is -0.950. The van der Waals surface area contributed by atoms with E-state index in [4.69, 9.17) is 9.84 Å². The lowest BCUT2D eigenvalue weighted by Gasteiger charge is -2.20. The van der Waals surface area contributed by atoms with Crippen LogP contribution in [0, 0.1) is 3.57 Å². The summed E-state index contributed by atoms with van der Waals surface area (Å²) < 4.78 is 6.28. The Labute approximate surface area is 217 Å². The van der Waals surface area contributed by atoms with Crippen LogP contribution in [0.2, 0.25) is 0 Å². The Kier molecular flexibility index (Phi) is 7.70. The molecular weight excluding hydrogens is 559 g/mol. The first-order valence-electron chi connectivity index (χ1n) is 11.3. The van der Waals surface area contributed by atoms with E-state index in [1.165, 1.54) is 4.90 Å². The maximum absolute atomic E-state index is 12.7. The summed E-state index contributed by atoms with van der Waals surface area (Å²) >= 11 is 2.05. The highest BCUT2D eigenvalue weighted by Gasteiger charge is 2.29. The van der Waals surface area contributed by atoms with Crippen molar-refractivity contribution in [1.29, 1.82) is 0 Å². The molecule has 2 N–H and O–H groups in total. The van der Waals surface area contributed by atoms with E-state index in [2.05, 4.69) is 52.2 Å². The van der Waals surface area contributed by atoms with Crippen LogP contribution in [-0.2, 0) is 9.53 Å². The molecular formula is C27H25IN2O5. The number of hydrogen-bond acceptors (Lipinski definition) is 4. The molecule has 0 spiro atoms. The van der Waals surface area contributed by atoms with Crippen molar-refractivity contribution in [3.8, 4) is 11.1 Å². The topological polar surface area (TPSA) is 95.9 Å². The predicted molar refractivity (Wildman–Crippen MR) is 142 cm³/mol. The molecule has 2 amide bonds. The maximum Gasteiger partial charge on any atom is 0.411 e. The van der Waals surface area contributed by atoms with Crippen molar-refractivity contribution >= 4 is 46.2 Å². The lowest BCUT2D eigenvalue weighted by molar-refractivity contribution is -0.137. The van der Waals surface area contributed by atoms with Gasteiger partial charge in [-0.1, -0.05) is 48.5 Å². The Bertz CT molecular complexity index is 1230. The van der Waals surface area contributed by atoms with Crippen molar-refractivity contribution in [3.05, 3.63) is 87.0 Å². The van der Waals surface area contributed by atoms with Crippen LogP contribution in [-0.4, -0.2) is 47.7 Å². The average molecular weight is 584 g/mol. The van der Waals surface area contributed by atoms with Crippen molar-refractivity contribution in [1.82, 2.24) is 4.90 Å². The molecule has 0 atom stereocenters. The molecule has 3 aromatic rings. The second-order valence-corrected chi connectivity index (χ2v) is 9.34. The third kappa shape index (κ3) is 5.48. The van der Waals surface area contributed by atoms with E-state index < -0.39 is 12.1 Å².